The third kappa shape index (κ3) is 11.0. The first-order valence-corrected chi connectivity index (χ1v) is 33.7. The number of hydrogen-bond donors (Lipinski definition) is 0. The molecular weight excluding hydrogens is 1170 g/mol. The fourth-order valence-electron chi connectivity index (χ4n) is 14.3. The molecule has 3 aromatic heterocycles. The molecule has 0 saturated heterocycles. The highest BCUT2D eigenvalue weighted by molar-refractivity contribution is 6.15. The second-order valence-corrected chi connectivity index (χ2v) is 26.3. The zero-order valence-corrected chi connectivity index (χ0v) is 54.9. The molecule has 0 unspecified atom stereocenters. The molecule has 0 amide bonds. The fraction of sp³-hybridized carbons (Fsp3) is 0.0968. The summed E-state index contributed by atoms with van der Waals surface area (Å²) in [5, 5.41) is 14.6. The Balaban J connectivity index is 0.000000113. The van der Waals surface area contributed by atoms with Crippen LogP contribution in [0.25, 0.3) is 165 Å². The molecule has 3 heteroatoms. The minimum atomic E-state index is 0.535. The van der Waals surface area contributed by atoms with Crippen molar-refractivity contribution in [2.24, 2.45) is 0 Å². The standard InChI is InChI=1S/3C31H24O/c1-20(2)21-14-16-22(17-15-21)23-18-19-26(25-9-4-3-8-24(23)25)28-11-7-12-29-27-10-5-6-13-30(27)32-31(28)29;1-20(2)21-11-13-22(14-12-21)24-16-17-25(27-8-4-3-7-26(24)27)23-15-18-31-29(19-23)28-9-5-6-10-30(28)32-31;1-20(2)21-11-13-22(14-12-21)24-17-18-25(27-8-4-3-7-26(24)27)23-15-16-29-28-9-5-6-10-30(28)32-31(29)19-23/h3*3-20H,1-2H3. The summed E-state index contributed by atoms with van der Waals surface area (Å²) in [7, 11) is 0. The Morgan fingerprint density at radius 1 is 0.177 bits per heavy atom. The monoisotopic (exact) mass is 1240 g/mol. The molecule has 3 nitrogen and oxygen atoms in total. The van der Waals surface area contributed by atoms with Crippen LogP contribution in [0.3, 0.4) is 0 Å². The second kappa shape index (κ2) is 25.1. The van der Waals surface area contributed by atoms with Crippen LogP contribution >= 0.6 is 0 Å². The van der Waals surface area contributed by atoms with Crippen molar-refractivity contribution in [1.82, 2.24) is 0 Å². The van der Waals surface area contributed by atoms with Crippen molar-refractivity contribution in [2.75, 3.05) is 0 Å². The van der Waals surface area contributed by atoms with Gasteiger partial charge in [-0.3, -0.25) is 0 Å². The molecule has 18 rings (SSSR count). The number of hydrogen-bond acceptors (Lipinski definition) is 3. The predicted molar refractivity (Wildman–Crippen MR) is 409 cm³/mol. The molecule has 0 aliphatic heterocycles. The van der Waals surface area contributed by atoms with Crippen molar-refractivity contribution >= 4 is 98.1 Å². The van der Waals surface area contributed by atoms with E-state index in [0.717, 1.165) is 66.0 Å². The Morgan fingerprint density at radius 2 is 0.469 bits per heavy atom. The van der Waals surface area contributed by atoms with Crippen LogP contribution in [-0.2, 0) is 0 Å². The first-order chi connectivity index (χ1) is 47.1. The van der Waals surface area contributed by atoms with E-state index < -0.39 is 0 Å². The number of fused-ring (bicyclic) bond motifs is 12. The van der Waals surface area contributed by atoms with Crippen LogP contribution in [0.2, 0.25) is 0 Å². The molecule has 15 aromatic carbocycles. The SMILES string of the molecule is CC(C)c1ccc(-c2ccc(-c3ccc4c(c3)oc3ccccc34)c3ccccc23)cc1.CC(C)c1ccc(-c2ccc(-c3ccc4oc5ccccc5c4c3)c3ccccc23)cc1.CC(C)c1ccc(-c2ccc(-c3cccc4c3oc3ccccc34)c3ccccc23)cc1. The number of furan rings is 3. The van der Waals surface area contributed by atoms with Gasteiger partial charge >= 0.3 is 0 Å². The maximum atomic E-state index is 6.34. The highest BCUT2D eigenvalue weighted by Crippen LogP contribution is 2.44. The van der Waals surface area contributed by atoms with E-state index in [1.807, 2.05) is 36.4 Å². The Hall–Kier alpha value is -11.5. The van der Waals surface area contributed by atoms with Gasteiger partial charge in [-0.15, -0.1) is 0 Å². The van der Waals surface area contributed by atoms with E-state index in [0.29, 0.717) is 17.8 Å². The fourth-order valence-corrected chi connectivity index (χ4v) is 14.3. The molecule has 0 N–H and O–H groups in total. The van der Waals surface area contributed by atoms with Gasteiger partial charge < -0.3 is 13.3 Å². The Morgan fingerprint density at radius 3 is 0.906 bits per heavy atom. The summed E-state index contributed by atoms with van der Waals surface area (Å²) in [5.74, 6) is 1.61. The minimum Gasteiger partial charge on any atom is -0.456 e. The van der Waals surface area contributed by atoms with Crippen LogP contribution < -0.4 is 0 Å². The Labute approximate surface area is 560 Å². The maximum Gasteiger partial charge on any atom is 0.143 e. The number of benzene rings is 15. The van der Waals surface area contributed by atoms with Crippen molar-refractivity contribution in [2.45, 2.75) is 59.3 Å². The van der Waals surface area contributed by atoms with Gasteiger partial charge in [0.25, 0.3) is 0 Å². The molecular formula is C93H72O3. The molecule has 0 fully saturated rings. The van der Waals surface area contributed by atoms with Crippen molar-refractivity contribution in [3.63, 3.8) is 0 Å². The van der Waals surface area contributed by atoms with Crippen LogP contribution in [0, 0.1) is 0 Å². The number of rotatable bonds is 9. The van der Waals surface area contributed by atoms with E-state index in [2.05, 4.69) is 315 Å². The van der Waals surface area contributed by atoms with Gasteiger partial charge in [0, 0.05) is 37.9 Å². The molecule has 462 valence electrons. The summed E-state index contributed by atoms with van der Waals surface area (Å²) >= 11 is 0. The average Bonchev–Trinajstić information content (AvgIpc) is 1.27. The molecule has 0 bridgehead atoms. The third-order valence-corrected chi connectivity index (χ3v) is 19.5. The molecule has 0 aliphatic rings. The highest BCUT2D eigenvalue weighted by atomic mass is 16.3. The van der Waals surface area contributed by atoms with Gasteiger partial charge in [-0.25, -0.2) is 0 Å². The summed E-state index contributed by atoms with van der Waals surface area (Å²) in [6, 6.07) is 111. The molecule has 0 atom stereocenters. The predicted octanol–water partition coefficient (Wildman–Crippen LogP) is 27.6. The molecule has 96 heavy (non-hydrogen) atoms. The highest BCUT2D eigenvalue weighted by Gasteiger charge is 2.19. The largest absolute Gasteiger partial charge is 0.456 e. The van der Waals surface area contributed by atoms with E-state index in [9.17, 15) is 0 Å². The zero-order chi connectivity index (χ0) is 65.0. The smallest absolute Gasteiger partial charge is 0.143 e. The molecule has 3 heterocycles. The second-order valence-electron chi connectivity index (χ2n) is 26.3. The normalized spacial score (nSPS) is 11.7. The van der Waals surface area contributed by atoms with Gasteiger partial charge in [-0.2, -0.15) is 0 Å². The van der Waals surface area contributed by atoms with Crippen LogP contribution in [0.1, 0.15) is 76.0 Å². The van der Waals surface area contributed by atoms with Gasteiger partial charge in [-0.1, -0.05) is 308 Å². The lowest BCUT2D eigenvalue weighted by Crippen LogP contribution is -1.89. The van der Waals surface area contributed by atoms with E-state index >= 15 is 0 Å². The van der Waals surface area contributed by atoms with E-state index in [1.165, 1.54) is 116 Å². The third-order valence-electron chi connectivity index (χ3n) is 19.5. The van der Waals surface area contributed by atoms with Crippen molar-refractivity contribution in [3.05, 3.63) is 326 Å². The van der Waals surface area contributed by atoms with Crippen molar-refractivity contribution < 1.29 is 13.3 Å². The quantitative estimate of drug-likeness (QED) is 0.145. The zero-order valence-electron chi connectivity index (χ0n) is 54.9. The summed E-state index contributed by atoms with van der Waals surface area (Å²) in [6.45, 7) is 13.4. The van der Waals surface area contributed by atoms with Gasteiger partial charge in [0.05, 0.1) is 0 Å². The summed E-state index contributed by atoms with van der Waals surface area (Å²) in [6.07, 6.45) is 0. The van der Waals surface area contributed by atoms with Gasteiger partial charge in [0.15, 0.2) is 0 Å². The van der Waals surface area contributed by atoms with Crippen LogP contribution in [0.4, 0.5) is 0 Å². The number of para-hydroxylation sites is 4. The lowest BCUT2D eigenvalue weighted by molar-refractivity contribution is 0.668. The molecule has 0 radical (unpaired) electrons. The molecule has 0 spiro atoms. The van der Waals surface area contributed by atoms with Gasteiger partial charge in [-0.05, 0) is 170 Å². The van der Waals surface area contributed by atoms with Crippen LogP contribution in [-0.4, -0.2) is 0 Å². The Kier molecular flexibility index (Phi) is 15.5. The molecule has 18 aromatic rings. The first kappa shape index (κ1) is 59.5. The summed E-state index contributed by atoms with van der Waals surface area (Å²) < 4.78 is 18.5. The van der Waals surface area contributed by atoms with E-state index in [4.69, 9.17) is 13.3 Å². The Bertz CT molecular complexity index is 5890. The van der Waals surface area contributed by atoms with Gasteiger partial charge in [0.2, 0.25) is 0 Å². The molecule has 0 aliphatic carbocycles. The summed E-state index contributed by atoms with van der Waals surface area (Å²) in [5.41, 5.74) is 24.5. The van der Waals surface area contributed by atoms with Gasteiger partial charge in [0.1, 0.15) is 33.5 Å². The topological polar surface area (TPSA) is 39.4 Å². The lowest BCUT2D eigenvalue weighted by Gasteiger charge is -2.13. The molecule has 0 saturated carbocycles. The van der Waals surface area contributed by atoms with Crippen molar-refractivity contribution in [1.29, 1.82) is 0 Å². The summed E-state index contributed by atoms with van der Waals surface area (Å²) in [4.78, 5) is 0. The van der Waals surface area contributed by atoms with Crippen LogP contribution in [0.5, 0.6) is 0 Å². The van der Waals surface area contributed by atoms with Crippen molar-refractivity contribution in [3.8, 4) is 66.8 Å². The van der Waals surface area contributed by atoms with E-state index in [-0.39, 0.29) is 0 Å². The van der Waals surface area contributed by atoms with E-state index in [1.54, 1.807) is 0 Å². The minimum absolute atomic E-state index is 0.535. The van der Waals surface area contributed by atoms with Crippen LogP contribution in [0.15, 0.2) is 323 Å². The average molecular weight is 1240 g/mol. The first-order valence-electron chi connectivity index (χ1n) is 33.7. The lowest BCUT2D eigenvalue weighted by atomic mass is 9.90. The maximum absolute atomic E-state index is 6.34.